The van der Waals surface area contributed by atoms with Crippen LogP contribution in [0.25, 0.3) is 0 Å². The fourth-order valence-electron chi connectivity index (χ4n) is 2.55. The van der Waals surface area contributed by atoms with Crippen LogP contribution in [0.5, 0.6) is 0 Å². The Morgan fingerprint density at radius 3 is 3.00 bits per heavy atom. The molecule has 94 valence electrons. The van der Waals surface area contributed by atoms with Gasteiger partial charge < -0.3 is 10.6 Å². The highest BCUT2D eigenvalue weighted by Gasteiger charge is 2.20. The second-order valence-corrected chi connectivity index (χ2v) is 4.64. The first-order chi connectivity index (χ1) is 9.29. The van der Waals surface area contributed by atoms with E-state index in [1.807, 2.05) is 24.3 Å². The monoisotopic (exact) mass is 250 g/mol. The molecular formula is C15H14N4. The van der Waals surface area contributed by atoms with Gasteiger partial charge in [-0.25, -0.2) is 4.98 Å². The van der Waals surface area contributed by atoms with Crippen LogP contribution in [0.15, 0.2) is 36.5 Å². The van der Waals surface area contributed by atoms with Gasteiger partial charge in [0.25, 0.3) is 0 Å². The van der Waals surface area contributed by atoms with Crippen molar-refractivity contribution < 1.29 is 0 Å². The van der Waals surface area contributed by atoms with Gasteiger partial charge in [0.15, 0.2) is 5.69 Å². The van der Waals surface area contributed by atoms with E-state index in [4.69, 9.17) is 11.0 Å². The van der Waals surface area contributed by atoms with Crippen LogP contribution >= 0.6 is 0 Å². The molecule has 2 aromatic rings. The Morgan fingerprint density at radius 1 is 1.26 bits per heavy atom. The average Bonchev–Trinajstić information content (AvgIpc) is 2.47. The minimum absolute atomic E-state index is 0.473. The molecule has 19 heavy (non-hydrogen) atoms. The molecule has 0 unspecified atom stereocenters. The highest BCUT2D eigenvalue weighted by Crippen LogP contribution is 2.28. The summed E-state index contributed by atoms with van der Waals surface area (Å²) in [7, 11) is 0. The lowest BCUT2D eigenvalue weighted by atomic mass is 9.97. The van der Waals surface area contributed by atoms with Crippen LogP contribution in [0.2, 0.25) is 0 Å². The zero-order valence-electron chi connectivity index (χ0n) is 10.5. The first-order valence-electron chi connectivity index (χ1n) is 6.26. The number of nitrogens with zero attached hydrogens (tertiary/aromatic N) is 3. The standard InChI is InChI=1S/C15H14N4/c16-9-14-15(5-2-7-18-14)19-8-6-11-3-1-4-13(17)12(11)10-19/h1-5,7H,6,8,10,17H2. The molecule has 1 aromatic heterocycles. The van der Waals surface area contributed by atoms with E-state index >= 15 is 0 Å². The number of fused-ring (bicyclic) bond motifs is 1. The number of anilines is 2. The summed E-state index contributed by atoms with van der Waals surface area (Å²) >= 11 is 0. The predicted molar refractivity (Wildman–Crippen MR) is 74.6 cm³/mol. The summed E-state index contributed by atoms with van der Waals surface area (Å²) in [5.74, 6) is 0. The van der Waals surface area contributed by atoms with Gasteiger partial charge in [-0.15, -0.1) is 0 Å². The molecule has 4 nitrogen and oxygen atoms in total. The largest absolute Gasteiger partial charge is 0.398 e. The zero-order valence-corrected chi connectivity index (χ0v) is 10.5. The zero-order chi connectivity index (χ0) is 13.2. The molecule has 0 spiro atoms. The van der Waals surface area contributed by atoms with Crippen molar-refractivity contribution in [2.75, 3.05) is 17.2 Å². The van der Waals surface area contributed by atoms with E-state index in [1.54, 1.807) is 6.20 Å². The third kappa shape index (κ3) is 2.00. The molecular weight excluding hydrogens is 236 g/mol. The topological polar surface area (TPSA) is 65.9 Å². The normalized spacial score (nSPS) is 13.7. The maximum atomic E-state index is 9.14. The van der Waals surface area contributed by atoms with Crippen molar-refractivity contribution in [3.05, 3.63) is 53.3 Å². The van der Waals surface area contributed by atoms with Crippen molar-refractivity contribution in [2.45, 2.75) is 13.0 Å². The van der Waals surface area contributed by atoms with E-state index in [9.17, 15) is 0 Å². The quantitative estimate of drug-likeness (QED) is 0.787. The van der Waals surface area contributed by atoms with E-state index in [2.05, 4.69) is 22.0 Å². The van der Waals surface area contributed by atoms with Gasteiger partial charge in [0, 0.05) is 25.0 Å². The summed E-state index contributed by atoms with van der Waals surface area (Å²) in [5.41, 5.74) is 10.7. The van der Waals surface area contributed by atoms with Crippen molar-refractivity contribution in [2.24, 2.45) is 0 Å². The van der Waals surface area contributed by atoms with Crippen molar-refractivity contribution in [1.29, 1.82) is 5.26 Å². The minimum atomic E-state index is 0.473. The van der Waals surface area contributed by atoms with E-state index in [0.29, 0.717) is 5.69 Å². The van der Waals surface area contributed by atoms with Gasteiger partial charge >= 0.3 is 0 Å². The molecule has 0 saturated heterocycles. The SMILES string of the molecule is N#Cc1ncccc1N1CCc2cccc(N)c2C1. The lowest BCUT2D eigenvalue weighted by molar-refractivity contribution is 0.730. The average molecular weight is 250 g/mol. The Kier molecular flexibility index (Phi) is 2.81. The second kappa shape index (κ2) is 4.62. The van der Waals surface area contributed by atoms with Gasteiger partial charge in [-0.3, -0.25) is 0 Å². The summed E-state index contributed by atoms with van der Waals surface area (Å²) in [6.45, 7) is 1.62. The van der Waals surface area contributed by atoms with Gasteiger partial charge in [0.2, 0.25) is 0 Å². The smallest absolute Gasteiger partial charge is 0.163 e. The minimum Gasteiger partial charge on any atom is -0.398 e. The number of nitrogen functional groups attached to an aromatic ring is 1. The predicted octanol–water partition coefficient (Wildman–Crippen LogP) is 2.10. The molecule has 0 aliphatic carbocycles. The van der Waals surface area contributed by atoms with Crippen molar-refractivity contribution in [3.8, 4) is 6.07 Å². The number of aromatic nitrogens is 1. The number of pyridine rings is 1. The third-order valence-electron chi connectivity index (χ3n) is 3.54. The summed E-state index contributed by atoms with van der Waals surface area (Å²) < 4.78 is 0. The number of rotatable bonds is 1. The van der Waals surface area contributed by atoms with E-state index < -0.39 is 0 Å². The Labute approximate surface area is 112 Å². The first-order valence-corrected chi connectivity index (χ1v) is 6.26. The molecule has 3 rings (SSSR count). The molecule has 0 radical (unpaired) electrons. The van der Waals surface area contributed by atoms with Crippen LogP contribution in [-0.2, 0) is 13.0 Å². The number of benzene rings is 1. The third-order valence-corrected chi connectivity index (χ3v) is 3.54. The summed E-state index contributed by atoms with van der Waals surface area (Å²) in [6.07, 6.45) is 2.59. The van der Waals surface area contributed by atoms with Crippen LogP contribution in [0, 0.1) is 11.3 Å². The van der Waals surface area contributed by atoms with Crippen LogP contribution in [0.3, 0.4) is 0 Å². The van der Waals surface area contributed by atoms with Crippen LogP contribution < -0.4 is 10.6 Å². The summed E-state index contributed by atoms with van der Waals surface area (Å²) in [6, 6.07) is 12.0. The first kappa shape index (κ1) is 11.5. The summed E-state index contributed by atoms with van der Waals surface area (Å²) in [4.78, 5) is 6.29. The van der Waals surface area contributed by atoms with Gasteiger partial charge in [-0.05, 0) is 35.7 Å². The molecule has 1 aliphatic heterocycles. The van der Waals surface area contributed by atoms with Crippen molar-refractivity contribution in [3.63, 3.8) is 0 Å². The van der Waals surface area contributed by atoms with Gasteiger partial charge in [0.1, 0.15) is 6.07 Å². The lowest BCUT2D eigenvalue weighted by Gasteiger charge is -2.31. The summed E-state index contributed by atoms with van der Waals surface area (Å²) in [5, 5.41) is 9.14. The maximum absolute atomic E-state index is 9.14. The number of nitriles is 1. The number of nitrogens with two attached hydrogens (primary N) is 1. The van der Waals surface area contributed by atoms with Crippen molar-refractivity contribution in [1.82, 2.24) is 4.98 Å². The highest BCUT2D eigenvalue weighted by atomic mass is 15.1. The van der Waals surface area contributed by atoms with Gasteiger partial charge in [0.05, 0.1) is 5.69 Å². The maximum Gasteiger partial charge on any atom is 0.163 e. The molecule has 0 saturated carbocycles. The molecule has 2 N–H and O–H groups in total. The molecule has 0 bridgehead atoms. The van der Waals surface area contributed by atoms with Gasteiger partial charge in [-0.2, -0.15) is 5.26 Å². The molecule has 0 atom stereocenters. The molecule has 1 aromatic carbocycles. The molecule has 2 heterocycles. The molecule has 4 heteroatoms. The fourth-order valence-corrected chi connectivity index (χ4v) is 2.55. The number of hydrogen-bond acceptors (Lipinski definition) is 4. The van der Waals surface area contributed by atoms with E-state index in [0.717, 1.165) is 30.9 Å². The Balaban J connectivity index is 1.98. The molecule has 0 fully saturated rings. The number of hydrogen-bond donors (Lipinski definition) is 1. The van der Waals surface area contributed by atoms with Crippen LogP contribution in [0.1, 0.15) is 16.8 Å². The fraction of sp³-hybridized carbons (Fsp3) is 0.200. The Morgan fingerprint density at radius 2 is 2.16 bits per heavy atom. The lowest BCUT2D eigenvalue weighted by Crippen LogP contribution is -2.31. The second-order valence-electron chi connectivity index (χ2n) is 4.64. The molecule has 0 amide bonds. The highest BCUT2D eigenvalue weighted by molar-refractivity contribution is 5.60. The van der Waals surface area contributed by atoms with Gasteiger partial charge in [-0.1, -0.05) is 12.1 Å². The van der Waals surface area contributed by atoms with E-state index in [1.165, 1.54) is 11.1 Å². The van der Waals surface area contributed by atoms with Crippen LogP contribution in [-0.4, -0.2) is 11.5 Å². The van der Waals surface area contributed by atoms with E-state index in [-0.39, 0.29) is 0 Å². The Bertz CT molecular complexity index is 657. The van der Waals surface area contributed by atoms with Crippen LogP contribution in [0.4, 0.5) is 11.4 Å². The molecule has 1 aliphatic rings. The van der Waals surface area contributed by atoms with Crippen molar-refractivity contribution >= 4 is 11.4 Å². The Hall–Kier alpha value is -2.54.